The summed E-state index contributed by atoms with van der Waals surface area (Å²) in [5.74, 6) is 0. The molecule has 0 unspecified atom stereocenters. The molecule has 0 aliphatic rings. The zero-order valence-corrected chi connectivity index (χ0v) is 10.1. The lowest BCUT2D eigenvalue weighted by molar-refractivity contribution is 0.0549. The Morgan fingerprint density at radius 3 is 2.82 bits per heavy atom. The smallest absolute Gasteiger partial charge is 0.418 e. The minimum atomic E-state index is -0.553. The Kier molecular flexibility index (Phi) is 2.69. The number of carbonyl (C=O) groups excluding carboxylic acids is 1. The van der Waals surface area contributed by atoms with Crippen LogP contribution in [0.15, 0.2) is 24.4 Å². The topological polar surface area (TPSA) is 44.1 Å². The lowest BCUT2D eigenvalue weighted by Gasteiger charge is -2.20. The maximum Gasteiger partial charge on any atom is 0.418 e. The van der Waals surface area contributed by atoms with Crippen LogP contribution in [-0.2, 0) is 4.74 Å². The molecule has 0 atom stereocenters. The highest BCUT2D eigenvalue weighted by atomic mass is 16.6. The van der Waals surface area contributed by atoms with Crippen LogP contribution < -0.4 is 5.59 Å². The monoisotopic (exact) mass is 228 g/mol. The zero-order chi connectivity index (χ0) is 12.6. The van der Waals surface area contributed by atoms with Gasteiger partial charge in [0.15, 0.2) is 0 Å². The maximum atomic E-state index is 12.0. The summed E-state index contributed by atoms with van der Waals surface area (Å²) < 4.78 is 6.61. The van der Waals surface area contributed by atoms with Gasteiger partial charge in [0, 0.05) is 6.20 Å². The van der Waals surface area contributed by atoms with E-state index in [-0.39, 0.29) is 0 Å². The number of hydrogen-bond donors (Lipinski definition) is 0. The SMILES string of the molecule is [B]c1cc2ncccc2n1C(=O)OC(C)(C)C. The summed E-state index contributed by atoms with van der Waals surface area (Å²) in [6.45, 7) is 5.43. The van der Waals surface area contributed by atoms with Gasteiger partial charge in [-0.2, -0.15) is 0 Å². The summed E-state index contributed by atoms with van der Waals surface area (Å²) in [5, 5.41) is 0. The van der Waals surface area contributed by atoms with Gasteiger partial charge in [0.25, 0.3) is 0 Å². The van der Waals surface area contributed by atoms with E-state index in [1.54, 1.807) is 24.4 Å². The van der Waals surface area contributed by atoms with Gasteiger partial charge in [0.05, 0.1) is 11.0 Å². The summed E-state index contributed by atoms with van der Waals surface area (Å²) in [6.07, 6.45) is 1.17. The molecule has 86 valence electrons. The zero-order valence-electron chi connectivity index (χ0n) is 10.1. The van der Waals surface area contributed by atoms with Crippen molar-refractivity contribution in [1.29, 1.82) is 0 Å². The standard InChI is InChI=1S/C12H13BN2O2/c1-12(2,3)17-11(16)15-9-5-4-6-14-8(9)7-10(15)13/h4-7H,1-3H3. The van der Waals surface area contributed by atoms with Crippen molar-refractivity contribution in [3.8, 4) is 0 Å². The third-order valence-corrected chi connectivity index (χ3v) is 2.18. The molecule has 2 heterocycles. The fourth-order valence-electron chi connectivity index (χ4n) is 1.56. The average Bonchev–Trinajstić information content (AvgIpc) is 2.50. The number of carbonyl (C=O) groups is 1. The fourth-order valence-corrected chi connectivity index (χ4v) is 1.56. The van der Waals surface area contributed by atoms with Crippen LogP contribution in [0.1, 0.15) is 20.8 Å². The van der Waals surface area contributed by atoms with E-state index < -0.39 is 11.7 Å². The summed E-state index contributed by atoms with van der Waals surface area (Å²) in [7, 11) is 5.80. The third-order valence-electron chi connectivity index (χ3n) is 2.18. The summed E-state index contributed by atoms with van der Waals surface area (Å²) in [6, 6.07) is 5.19. The van der Waals surface area contributed by atoms with Crippen LogP contribution in [0.3, 0.4) is 0 Å². The van der Waals surface area contributed by atoms with Crippen LogP contribution >= 0.6 is 0 Å². The number of nitrogens with zero attached hydrogens (tertiary/aromatic N) is 2. The first kappa shape index (κ1) is 11.7. The molecule has 17 heavy (non-hydrogen) atoms. The molecule has 0 saturated carbocycles. The van der Waals surface area contributed by atoms with E-state index >= 15 is 0 Å². The van der Waals surface area contributed by atoms with Gasteiger partial charge in [0.2, 0.25) is 0 Å². The van der Waals surface area contributed by atoms with Crippen molar-refractivity contribution in [2.75, 3.05) is 0 Å². The van der Waals surface area contributed by atoms with Crippen LogP contribution in [0.4, 0.5) is 4.79 Å². The molecule has 0 aliphatic heterocycles. The number of hydrogen-bond acceptors (Lipinski definition) is 3. The van der Waals surface area contributed by atoms with E-state index in [2.05, 4.69) is 4.98 Å². The normalized spacial score (nSPS) is 11.7. The number of fused-ring (bicyclic) bond motifs is 1. The molecule has 0 bridgehead atoms. The van der Waals surface area contributed by atoms with Gasteiger partial charge < -0.3 is 4.74 Å². The average molecular weight is 228 g/mol. The van der Waals surface area contributed by atoms with Crippen LogP contribution in [0, 0.1) is 0 Å². The predicted octanol–water partition coefficient (Wildman–Crippen LogP) is 1.61. The largest absolute Gasteiger partial charge is 0.443 e. The second kappa shape index (κ2) is 3.91. The van der Waals surface area contributed by atoms with Crippen molar-refractivity contribution in [3.05, 3.63) is 24.4 Å². The molecule has 0 N–H and O–H groups in total. The van der Waals surface area contributed by atoms with E-state index in [1.165, 1.54) is 4.57 Å². The first-order chi connectivity index (χ1) is 7.88. The lowest BCUT2D eigenvalue weighted by Crippen LogP contribution is -2.32. The van der Waals surface area contributed by atoms with Gasteiger partial charge in [-0.15, -0.1) is 0 Å². The number of pyridine rings is 1. The molecule has 0 aromatic carbocycles. The van der Waals surface area contributed by atoms with E-state index in [1.807, 2.05) is 20.8 Å². The van der Waals surface area contributed by atoms with Gasteiger partial charge in [0.1, 0.15) is 13.4 Å². The molecular weight excluding hydrogens is 215 g/mol. The van der Waals surface area contributed by atoms with Crippen LogP contribution in [0.5, 0.6) is 0 Å². The van der Waals surface area contributed by atoms with Crippen molar-refractivity contribution < 1.29 is 9.53 Å². The van der Waals surface area contributed by atoms with Crippen molar-refractivity contribution in [2.45, 2.75) is 26.4 Å². The first-order valence-corrected chi connectivity index (χ1v) is 5.34. The number of aromatic nitrogens is 2. The molecule has 0 saturated heterocycles. The van der Waals surface area contributed by atoms with Crippen molar-refractivity contribution >= 4 is 30.6 Å². The molecular formula is C12H13BN2O2. The quantitative estimate of drug-likeness (QED) is 0.643. The van der Waals surface area contributed by atoms with Crippen LogP contribution in [-0.4, -0.2) is 29.1 Å². The van der Waals surface area contributed by atoms with E-state index in [0.717, 1.165) is 0 Å². The summed E-state index contributed by atoms with van der Waals surface area (Å²) in [5.41, 5.74) is 1.10. The molecule has 2 aromatic rings. The van der Waals surface area contributed by atoms with Crippen molar-refractivity contribution in [1.82, 2.24) is 9.55 Å². The van der Waals surface area contributed by atoms with Gasteiger partial charge in [-0.25, -0.2) is 4.79 Å². The van der Waals surface area contributed by atoms with Crippen LogP contribution in [0.2, 0.25) is 0 Å². The molecule has 5 heteroatoms. The molecule has 0 amide bonds. The molecule has 4 nitrogen and oxygen atoms in total. The maximum absolute atomic E-state index is 12.0. The highest BCUT2D eigenvalue weighted by Crippen LogP contribution is 2.14. The predicted molar refractivity (Wildman–Crippen MR) is 66.8 cm³/mol. The van der Waals surface area contributed by atoms with E-state index in [9.17, 15) is 4.79 Å². The highest BCUT2D eigenvalue weighted by molar-refractivity contribution is 6.33. The molecule has 2 radical (unpaired) electrons. The Morgan fingerprint density at radius 1 is 1.47 bits per heavy atom. The first-order valence-electron chi connectivity index (χ1n) is 5.34. The Morgan fingerprint density at radius 2 is 2.18 bits per heavy atom. The Balaban J connectivity index is 2.48. The molecule has 0 aliphatic carbocycles. The molecule has 2 aromatic heterocycles. The second-order valence-corrected chi connectivity index (χ2v) is 4.79. The second-order valence-electron chi connectivity index (χ2n) is 4.79. The Labute approximate surface area is 101 Å². The molecule has 0 spiro atoms. The van der Waals surface area contributed by atoms with E-state index in [0.29, 0.717) is 16.6 Å². The summed E-state index contributed by atoms with van der Waals surface area (Å²) >= 11 is 0. The fraction of sp³-hybridized carbons (Fsp3) is 0.333. The summed E-state index contributed by atoms with van der Waals surface area (Å²) in [4.78, 5) is 16.1. The number of rotatable bonds is 0. The number of ether oxygens (including phenoxy) is 1. The molecule has 0 fully saturated rings. The van der Waals surface area contributed by atoms with Crippen molar-refractivity contribution in [2.24, 2.45) is 0 Å². The van der Waals surface area contributed by atoms with Gasteiger partial charge in [-0.1, -0.05) is 0 Å². The lowest BCUT2D eigenvalue weighted by atomic mass is 10.1. The minimum Gasteiger partial charge on any atom is -0.443 e. The van der Waals surface area contributed by atoms with E-state index in [4.69, 9.17) is 12.6 Å². The highest BCUT2D eigenvalue weighted by Gasteiger charge is 2.20. The van der Waals surface area contributed by atoms with Crippen molar-refractivity contribution in [3.63, 3.8) is 0 Å². The third kappa shape index (κ3) is 2.33. The molecule has 2 rings (SSSR count). The van der Waals surface area contributed by atoms with Crippen LogP contribution in [0.25, 0.3) is 11.0 Å². The minimum absolute atomic E-state index is 0.327. The van der Waals surface area contributed by atoms with Gasteiger partial charge >= 0.3 is 6.09 Å². The van der Waals surface area contributed by atoms with Gasteiger partial charge in [-0.3, -0.25) is 9.55 Å². The van der Waals surface area contributed by atoms with Gasteiger partial charge in [-0.05, 0) is 44.6 Å². The Bertz CT molecular complexity index is 569. The Hall–Kier alpha value is -1.78.